The average Bonchev–Trinajstić information content (AvgIpc) is 3.11. The molecule has 1 aliphatic heterocycles. The maximum atomic E-state index is 12.2. The van der Waals surface area contributed by atoms with Crippen molar-refractivity contribution in [2.45, 2.75) is 18.9 Å². The Kier molecular flexibility index (Phi) is 5.27. The van der Waals surface area contributed by atoms with Crippen LogP contribution in [0.1, 0.15) is 34.9 Å². The molecule has 7 heteroatoms. The van der Waals surface area contributed by atoms with Crippen LogP contribution in [0.2, 0.25) is 5.02 Å². The third kappa shape index (κ3) is 3.83. The molecule has 1 aromatic carbocycles. The molecule has 1 saturated heterocycles. The van der Waals surface area contributed by atoms with Gasteiger partial charge >= 0.3 is 0 Å². The van der Waals surface area contributed by atoms with Crippen LogP contribution in [0, 0.1) is 0 Å². The molecule has 24 heavy (non-hydrogen) atoms. The summed E-state index contributed by atoms with van der Waals surface area (Å²) in [5.41, 5.74) is 0.863. The van der Waals surface area contributed by atoms with E-state index in [4.69, 9.17) is 11.6 Å². The summed E-state index contributed by atoms with van der Waals surface area (Å²) in [6.45, 7) is 2.41. The highest BCUT2D eigenvalue weighted by Gasteiger charge is 2.25. The fourth-order valence-electron chi connectivity index (χ4n) is 2.99. The highest BCUT2D eigenvalue weighted by atomic mass is 35.5. The van der Waals surface area contributed by atoms with Gasteiger partial charge in [-0.2, -0.15) is 5.10 Å². The number of nitrogens with zero attached hydrogens (tertiary/aromatic N) is 2. The van der Waals surface area contributed by atoms with E-state index in [1.807, 2.05) is 24.3 Å². The van der Waals surface area contributed by atoms with Gasteiger partial charge in [0.2, 0.25) is 0 Å². The van der Waals surface area contributed by atoms with Gasteiger partial charge in [-0.15, -0.1) is 0 Å². The number of aromatic nitrogens is 2. The molecule has 1 aliphatic rings. The third-order valence-corrected chi connectivity index (χ3v) is 4.56. The average molecular weight is 347 g/mol. The molecule has 1 aromatic heterocycles. The smallest absolute Gasteiger partial charge is 0.271 e. The van der Waals surface area contributed by atoms with Gasteiger partial charge in [0.25, 0.3) is 11.5 Å². The number of H-pyrrole nitrogens is 1. The molecule has 0 unspecified atom stereocenters. The molecule has 6 nitrogen and oxygen atoms in total. The number of likely N-dealkylation sites (tertiary alicyclic amines) is 1. The van der Waals surface area contributed by atoms with Gasteiger partial charge in [-0.05, 0) is 43.6 Å². The Bertz CT molecular complexity index is 751. The lowest BCUT2D eigenvalue weighted by Gasteiger charge is -2.28. The van der Waals surface area contributed by atoms with E-state index in [1.54, 1.807) is 0 Å². The standard InChI is InChI=1S/C17H19ClN4O2/c18-13-6-2-1-5-12(13)15(22-9-3-4-10-22)11-19-17(24)14-7-8-16(23)21-20-14/h1-2,5-8,15H,3-4,9-11H2,(H,19,24)(H,21,23)/t15-/m1/s1. The van der Waals surface area contributed by atoms with E-state index in [-0.39, 0.29) is 23.2 Å². The zero-order chi connectivity index (χ0) is 16.9. The first-order valence-electron chi connectivity index (χ1n) is 7.97. The number of rotatable bonds is 5. The maximum absolute atomic E-state index is 12.2. The summed E-state index contributed by atoms with van der Waals surface area (Å²) >= 11 is 6.36. The molecule has 126 valence electrons. The normalized spacial score (nSPS) is 16.0. The third-order valence-electron chi connectivity index (χ3n) is 4.21. The number of halogens is 1. The van der Waals surface area contributed by atoms with Crippen molar-refractivity contribution in [3.05, 3.63) is 63.0 Å². The zero-order valence-corrected chi connectivity index (χ0v) is 13.9. The van der Waals surface area contributed by atoms with E-state index < -0.39 is 0 Å². The van der Waals surface area contributed by atoms with E-state index in [1.165, 1.54) is 12.1 Å². The minimum Gasteiger partial charge on any atom is -0.349 e. The number of hydrogen-bond donors (Lipinski definition) is 2. The number of aromatic amines is 1. The zero-order valence-electron chi connectivity index (χ0n) is 13.2. The molecule has 0 radical (unpaired) electrons. The summed E-state index contributed by atoms with van der Waals surface area (Å²) in [5, 5.41) is 9.62. The Morgan fingerprint density at radius 1 is 1.25 bits per heavy atom. The number of amides is 1. The van der Waals surface area contributed by atoms with Crippen molar-refractivity contribution in [1.29, 1.82) is 0 Å². The summed E-state index contributed by atoms with van der Waals surface area (Å²) in [7, 11) is 0. The van der Waals surface area contributed by atoms with Gasteiger partial charge < -0.3 is 5.32 Å². The van der Waals surface area contributed by atoms with Crippen molar-refractivity contribution in [1.82, 2.24) is 20.4 Å². The van der Waals surface area contributed by atoms with Crippen LogP contribution in [-0.4, -0.2) is 40.6 Å². The monoisotopic (exact) mass is 346 g/mol. The van der Waals surface area contributed by atoms with Gasteiger partial charge in [-0.3, -0.25) is 14.5 Å². The Morgan fingerprint density at radius 3 is 2.67 bits per heavy atom. The first-order chi connectivity index (χ1) is 11.6. The van der Waals surface area contributed by atoms with E-state index >= 15 is 0 Å². The van der Waals surface area contributed by atoms with E-state index in [0.717, 1.165) is 31.5 Å². The Balaban J connectivity index is 1.74. The first kappa shape index (κ1) is 16.7. The van der Waals surface area contributed by atoms with Crippen LogP contribution >= 0.6 is 11.6 Å². The fraction of sp³-hybridized carbons (Fsp3) is 0.353. The van der Waals surface area contributed by atoms with Crippen molar-refractivity contribution in [3.8, 4) is 0 Å². The Labute approximate surface area is 144 Å². The minimum atomic E-state index is -0.336. The molecule has 0 aliphatic carbocycles. The predicted molar refractivity (Wildman–Crippen MR) is 92.2 cm³/mol. The summed E-state index contributed by atoms with van der Waals surface area (Å²) in [4.78, 5) is 25.6. The van der Waals surface area contributed by atoms with Crippen LogP contribution in [-0.2, 0) is 0 Å². The van der Waals surface area contributed by atoms with Crippen LogP contribution in [0.5, 0.6) is 0 Å². The summed E-state index contributed by atoms with van der Waals surface area (Å²) < 4.78 is 0. The minimum absolute atomic E-state index is 0.0212. The van der Waals surface area contributed by atoms with Crippen molar-refractivity contribution in [2.24, 2.45) is 0 Å². The van der Waals surface area contributed by atoms with Crippen molar-refractivity contribution in [3.63, 3.8) is 0 Å². The van der Waals surface area contributed by atoms with Gasteiger partial charge in [0, 0.05) is 17.6 Å². The summed E-state index contributed by atoms with van der Waals surface area (Å²) in [5.74, 6) is -0.317. The lowest BCUT2D eigenvalue weighted by atomic mass is 10.1. The van der Waals surface area contributed by atoms with Crippen molar-refractivity contribution >= 4 is 17.5 Å². The van der Waals surface area contributed by atoms with Gasteiger partial charge in [0.15, 0.2) is 0 Å². The van der Waals surface area contributed by atoms with Crippen LogP contribution in [0.4, 0.5) is 0 Å². The molecular formula is C17H19ClN4O2. The number of carbonyl (C=O) groups is 1. The highest BCUT2D eigenvalue weighted by molar-refractivity contribution is 6.31. The Hall–Kier alpha value is -2.18. The fourth-order valence-corrected chi connectivity index (χ4v) is 3.25. The Morgan fingerprint density at radius 2 is 2.00 bits per heavy atom. The molecule has 1 fully saturated rings. The molecule has 0 bridgehead atoms. The van der Waals surface area contributed by atoms with Gasteiger partial charge in [0.1, 0.15) is 5.69 Å². The molecule has 1 atom stereocenters. The van der Waals surface area contributed by atoms with Crippen molar-refractivity contribution < 1.29 is 4.79 Å². The quantitative estimate of drug-likeness (QED) is 0.868. The largest absolute Gasteiger partial charge is 0.349 e. The predicted octanol–water partition coefficient (Wildman–Crippen LogP) is 1.99. The summed E-state index contributed by atoms with van der Waals surface area (Å²) in [6.07, 6.45) is 2.30. The molecular weight excluding hydrogens is 328 g/mol. The molecule has 3 rings (SSSR count). The lowest BCUT2D eigenvalue weighted by Crippen LogP contribution is -2.37. The van der Waals surface area contributed by atoms with Crippen LogP contribution in [0.25, 0.3) is 0 Å². The number of nitrogens with one attached hydrogen (secondary N) is 2. The summed E-state index contributed by atoms with van der Waals surface area (Å²) in [6, 6.07) is 10.4. The van der Waals surface area contributed by atoms with Crippen molar-refractivity contribution in [2.75, 3.05) is 19.6 Å². The molecule has 1 amide bonds. The van der Waals surface area contributed by atoms with Crippen LogP contribution < -0.4 is 10.9 Å². The SMILES string of the molecule is O=C(NC[C@H](c1ccccc1Cl)N1CCCC1)c1ccc(=O)[nH]n1. The lowest BCUT2D eigenvalue weighted by molar-refractivity contribution is 0.0932. The van der Waals surface area contributed by atoms with Gasteiger partial charge in [0.05, 0.1) is 6.04 Å². The number of hydrogen-bond acceptors (Lipinski definition) is 4. The van der Waals surface area contributed by atoms with E-state index in [9.17, 15) is 9.59 Å². The first-order valence-corrected chi connectivity index (χ1v) is 8.35. The second-order valence-corrected chi connectivity index (χ2v) is 6.20. The second-order valence-electron chi connectivity index (χ2n) is 5.80. The van der Waals surface area contributed by atoms with Crippen LogP contribution in [0.3, 0.4) is 0 Å². The topological polar surface area (TPSA) is 78.1 Å². The maximum Gasteiger partial charge on any atom is 0.271 e. The van der Waals surface area contributed by atoms with E-state index in [0.29, 0.717) is 11.6 Å². The molecule has 2 heterocycles. The molecule has 2 N–H and O–H groups in total. The highest BCUT2D eigenvalue weighted by Crippen LogP contribution is 2.29. The molecule has 0 saturated carbocycles. The van der Waals surface area contributed by atoms with Crippen LogP contribution in [0.15, 0.2) is 41.2 Å². The van der Waals surface area contributed by atoms with E-state index in [2.05, 4.69) is 20.4 Å². The van der Waals surface area contributed by atoms with Gasteiger partial charge in [-0.25, -0.2) is 5.10 Å². The van der Waals surface area contributed by atoms with Gasteiger partial charge in [-0.1, -0.05) is 29.8 Å². The molecule has 2 aromatic rings. The number of benzene rings is 1. The number of carbonyl (C=O) groups excluding carboxylic acids is 1. The molecule has 0 spiro atoms. The second kappa shape index (κ2) is 7.59.